The van der Waals surface area contributed by atoms with E-state index in [4.69, 9.17) is 4.52 Å². The maximum atomic E-state index is 11.6. The first-order valence-electron chi connectivity index (χ1n) is 6.56. The molecule has 0 aliphatic carbocycles. The van der Waals surface area contributed by atoms with Crippen LogP contribution in [0, 0.1) is 12.3 Å². The van der Waals surface area contributed by atoms with Gasteiger partial charge >= 0.3 is 0 Å². The van der Waals surface area contributed by atoms with Crippen LogP contribution in [-0.2, 0) is 16.3 Å². The van der Waals surface area contributed by atoms with Crippen molar-refractivity contribution in [1.29, 1.82) is 0 Å². The molecule has 2 heterocycles. The van der Waals surface area contributed by atoms with Gasteiger partial charge in [0.05, 0.1) is 0 Å². The first kappa shape index (κ1) is 15.6. The van der Waals surface area contributed by atoms with E-state index in [1.54, 1.807) is 13.0 Å². The Bertz CT molecular complexity index is 758. The van der Waals surface area contributed by atoms with Crippen molar-refractivity contribution in [2.45, 2.75) is 39.1 Å². The van der Waals surface area contributed by atoms with Crippen LogP contribution in [0.4, 0.5) is 0 Å². The smallest absolute Gasteiger partial charge is 0.227 e. The summed E-state index contributed by atoms with van der Waals surface area (Å²) in [5, 5.41) is 4.00. The number of nitrogens with zero attached hydrogens (tertiary/aromatic N) is 3. The Morgan fingerprint density at radius 2 is 1.95 bits per heavy atom. The summed E-state index contributed by atoms with van der Waals surface area (Å²) >= 11 is 0. The van der Waals surface area contributed by atoms with Gasteiger partial charge in [-0.1, -0.05) is 25.9 Å². The molecule has 21 heavy (non-hydrogen) atoms. The third-order valence-corrected chi connectivity index (χ3v) is 3.92. The van der Waals surface area contributed by atoms with Crippen LogP contribution in [0.3, 0.4) is 0 Å². The lowest BCUT2D eigenvalue weighted by molar-refractivity contribution is 0.314. The molecule has 0 aliphatic heterocycles. The Morgan fingerprint density at radius 3 is 2.48 bits per heavy atom. The van der Waals surface area contributed by atoms with Crippen molar-refractivity contribution in [3.05, 3.63) is 23.7 Å². The summed E-state index contributed by atoms with van der Waals surface area (Å²) in [6, 6.07) is 1.70. The number of hydrogen-bond acceptors (Lipinski definition) is 6. The molecule has 114 valence electrons. The van der Waals surface area contributed by atoms with Gasteiger partial charge in [0.2, 0.25) is 11.7 Å². The lowest BCUT2D eigenvalue weighted by Crippen LogP contribution is -2.09. The van der Waals surface area contributed by atoms with E-state index in [0.717, 1.165) is 6.26 Å². The number of pyridine rings is 1. The molecule has 0 fully saturated rings. The molecule has 0 N–H and O–H groups in total. The highest BCUT2D eigenvalue weighted by Gasteiger charge is 2.19. The molecular formula is C14H19N3O3S. The highest BCUT2D eigenvalue weighted by molar-refractivity contribution is 7.90. The zero-order valence-electron chi connectivity index (χ0n) is 12.8. The van der Waals surface area contributed by atoms with Crippen LogP contribution in [0.2, 0.25) is 0 Å². The zero-order chi connectivity index (χ0) is 15.8. The van der Waals surface area contributed by atoms with Crippen LogP contribution in [0.1, 0.15) is 32.2 Å². The van der Waals surface area contributed by atoms with Crippen molar-refractivity contribution >= 4 is 9.84 Å². The summed E-state index contributed by atoms with van der Waals surface area (Å²) < 4.78 is 28.3. The zero-order valence-corrected chi connectivity index (χ0v) is 13.7. The maximum absolute atomic E-state index is 11.6. The lowest BCUT2D eigenvalue weighted by atomic mass is 9.92. The van der Waals surface area contributed by atoms with Crippen molar-refractivity contribution in [3.63, 3.8) is 0 Å². The molecule has 0 saturated heterocycles. The summed E-state index contributed by atoms with van der Waals surface area (Å²) in [5.74, 6) is 0.979. The van der Waals surface area contributed by atoms with Crippen LogP contribution in [0.15, 0.2) is 21.8 Å². The largest absolute Gasteiger partial charge is 0.339 e. The molecule has 0 radical (unpaired) electrons. The molecule has 0 unspecified atom stereocenters. The molecule has 0 atom stereocenters. The average Bonchev–Trinajstić information content (AvgIpc) is 2.73. The highest BCUT2D eigenvalue weighted by Crippen LogP contribution is 2.23. The van der Waals surface area contributed by atoms with Gasteiger partial charge in [-0.2, -0.15) is 4.98 Å². The quantitative estimate of drug-likeness (QED) is 0.865. The van der Waals surface area contributed by atoms with Crippen LogP contribution >= 0.6 is 0 Å². The second-order valence-corrected chi connectivity index (χ2v) is 8.30. The third-order valence-electron chi connectivity index (χ3n) is 2.79. The number of hydrogen-bond donors (Lipinski definition) is 0. The van der Waals surface area contributed by atoms with Crippen molar-refractivity contribution in [2.75, 3.05) is 6.26 Å². The fraction of sp³-hybridized carbons (Fsp3) is 0.500. The van der Waals surface area contributed by atoms with E-state index in [0.29, 0.717) is 29.3 Å². The highest BCUT2D eigenvalue weighted by atomic mass is 32.2. The number of sulfone groups is 1. The van der Waals surface area contributed by atoms with Gasteiger partial charge in [-0.3, -0.25) is 0 Å². The summed E-state index contributed by atoms with van der Waals surface area (Å²) in [7, 11) is -3.33. The first-order valence-corrected chi connectivity index (χ1v) is 8.45. The minimum absolute atomic E-state index is 0.0537. The van der Waals surface area contributed by atoms with Crippen molar-refractivity contribution in [2.24, 2.45) is 5.41 Å². The molecule has 6 nitrogen and oxygen atoms in total. The fourth-order valence-corrected chi connectivity index (χ4v) is 2.86. The van der Waals surface area contributed by atoms with Gasteiger partial charge in [0.25, 0.3) is 0 Å². The molecule has 0 aliphatic rings. The fourth-order valence-electron chi connectivity index (χ4n) is 1.97. The Kier molecular flexibility index (Phi) is 3.88. The van der Waals surface area contributed by atoms with Gasteiger partial charge in [-0.15, -0.1) is 0 Å². The van der Waals surface area contributed by atoms with E-state index in [-0.39, 0.29) is 10.4 Å². The van der Waals surface area contributed by atoms with E-state index >= 15 is 0 Å². The van der Waals surface area contributed by atoms with E-state index in [1.807, 2.05) is 0 Å². The predicted molar refractivity (Wildman–Crippen MR) is 78.5 cm³/mol. The van der Waals surface area contributed by atoms with Crippen molar-refractivity contribution < 1.29 is 12.9 Å². The van der Waals surface area contributed by atoms with Crippen LogP contribution in [0.5, 0.6) is 0 Å². The van der Waals surface area contributed by atoms with E-state index in [2.05, 4.69) is 35.9 Å². The summed E-state index contributed by atoms with van der Waals surface area (Å²) in [5.41, 5.74) is 1.26. The molecule has 0 spiro atoms. The molecule has 2 aromatic rings. The van der Waals surface area contributed by atoms with E-state index in [9.17, 15) is 8.42 Å². The third kappa shape index (κ3) is 3.87. The standard InChI is InChI=1S/C14H19N3O3S/c1-9-6-10(8-15-13(9)21(5,18)19)12-16-11(20-17-12)7-14(2,3)4/h6,8H,7H2,1-5H3. The molecule has 0 saturated carbocycles. The topological polar surface area (TPSA) is 85.9 Å². The van der Waals surface area contributed by atoms with Gasteiger partial charge in [-0.25, -0.2) is 13.4 Å². The Balaban J connectivity index is 2.34. The monoisotopic (exact) mass is 309 g/mol. The average molecular weight is 309 g/mol. The minimum atomic E-state index is -3.33. The number of aryl methyl sites for hydroxylation is 1. The van der Waals surface area contributed by atoms with Gasteiger partial charge in [0.1, 0.15) is 0 Å². The normalized spacial score (nSPS) is 12.6. The number of aromatic nitrogens is 3. The molecule has 7 heteroatoms. The Labute approximate surface area is 124 Å². The van der Waals surface area contributed by atoms with Crippen LogP contribution in [-0.4, -0.2) is 29.8 Å². The van der Waals surface area contributed by atoms with Crippen molar-refractivity contribution in [1.82, 2.24) is 15.1 Å². The summed E-state index contributed by atoms with van der Waals surface area (Å²) in [6.07, 6.45) is 3.26. The molecular weight excluding hydrogens is 290 g/mol. The van der Waals surface area contributed by atoms with E-state index in [1.165, 1.54) is 6.20 Å². The molecule has 2 aromatic heterocycles. The Hall–Kier alpha value is -1.76. The van der Waals surface area contributed by atoms with Crippen LogP contribution in [0.25, 0.3) is 11.4 Å². The van der Waals surface area contributed by atoms with Gasteiger partial charge in [-0.05, 0) is 24.0 Å². The molecule has 0 aromatic carbocycles. The SMILES string of the molecule is Cc1cc(-c2noc(CC(C)(C)C)n2)cnc1S(C)(=O)=O. The predicted octanol–water partition coefficient (Wildman–Crippen LogP) is 2.43. The second-order valence-electron chi connectivity index (χ2n) is 6.37. The number of rotatable bonds is 3. The van der Waals surface area contributed by atoms with Crippen LogP contribution < -0.4 is 0 Å². The van der Waals surface area contributed by atoms with Gasteiger partial charge < -0.3 is 4.52 Å². The van der Waals surface area contributed by atoms with E-state index < -0.39 is 9.84 Å². The second kappa shape index (κ2) is 5.22. The molecule has 0 amide bonds. The minimum Gasteiger partial charge on any atom is -0.339 e. The van der Waals surface area contributed by atoms with Crippen molar-refractivity contribution in [3.8, 4) is 11.4 Å². The molecule has 2 rings (SSSR count). The first-order chi connectivity index (χ1) is 9.56. The lowest BCUT2D eigenvalue weighted by Gasteiger charge is -2.13. The maximum Gasteiger partial charge on any atom is 0.227 e. The molecule has 0 bridgehead atoms. The van der Waals surface area contributed by atoms with Gasteiger partial charge in [0, 0.05) is 24.4 Å². The van der Waals surface area contributed by atoms with Gasteiger partial charge in [0.15, 0.2) is 14.9 Å². The summed E-state index contributed by atoms with van der Waals surface area (Å²) in [4.78, 5) is 8.33. The Morgan fingerprint density at radius 1 is 1.29 bits per heavy atom. The summed E-state index contributed by atoms with van der Waals surface area (Å²) in [6.45, 7) is 7.96.